The summed E-state index contributed by atoms with van der Waals surface area (Å²) in [6.45, 7) is 7.55. The van der Waals surface area contributed by atoms with E-state index >= 15 is 0 Å². The second-order valence-corrected chi connectivity index (χ2v) is 11.6. The summed E-state index contributed by atoms with van der Waals surface area (Å²) in [7, 11) is 0. The number of carbonyl (C=O) groups is 2. The van der Waals surface area contributed by atoms with Gasteiger partial charge in [0.05, 0.1) is 0 Å². The number of halogens is 3. The van der Waals surface area contributed by atoms with Crippen LogP contribution in [0.3, 0.4) is 0 Å². The van der Waals surface area contributed by atoms with Crippen LogP contribution >= 0.6 is 39.1 Å². The van der Waals surface area contributed by atoms with Gasteiger partial charge in [0.25, 0.3) is 5.91 Å². The molecule has 37 heavy (non-hydrogen) atoms. The van der Waals surface area contributed by atoms with Crippen LogP contribution in [0.1, 0.15) is 37.5 Å². The van der Waals surface area contributed by atoms with Gasteiger partial charge in [0.15, 0.2) is 6.61 Å². The lowest BCUT2D eigenvalue weighted by Gasteiger charge is -2.34. The number of rotatable bonds is 9. The number of benzene rings is 3. The van der Waals surface area contributed by atoms with Crippen molar-refractivity contribution in [2.75, 3.05) is 6.61 Å². The number of nitrogens with one attached hydrogen (secondary N) is 1. The lowest BCUT2D eigenvalue weighted by molar-refractivity contribution is -0.143. The van der Waals surface area contributed by atoms with Crippen LogP contribution in [0.4, 0.5) is 0 Å². The topological polar surface area (TPSA) is 58.6 Å². The maximum absolute atomic E-state index is 13.7. The molecule has 196 valence electrons. The molecule has 0 saturated carbocycles. The van der Waals surface area contributed by atoms with Crippen molar-refractivity contribution < 1.29 is 14.3 Å². The molecule has 0 aliphatic carbocycles. The highest BCUT2D eigenvalue weighted by atomic mass is 79.9. The predicted molar refractivity (Wildman–Crippen MR) is 153 cm³/mol. The van der Waals surface area contributed by atoms with Gasteiger partial charge in [0, 0.05) is 33.0 Å². The second-order valence-electron chi connectivity index (χ2n) is 9.90. The van der Waals surface area contributed by atoms with Crippen LogP contribution in [-0.2, 0) is 22.6 Å². The summed E-state index contributed by atoms with van der Waals surface area (Å²) in [5.74, 6) is -0.0249. The minimum Gasteiger partial charge on any atom is -0.484 e. The molecule has 0 heterocycles. The molecule has 1 N–H and O–H groups in total. The Labute approximate surface area is 237 Å². The van der Waals surface area contributed by atoms with Gasteiger partial charge in [-0.2, -0.15) is 0 Å². The van der Waals surface area contributed by atoms with Gasteiger partial charge >= 0.3 is 0 Å². The molecular formula is C29H31BrCl2N2O3. The first-order valence-corrected chi connectivity index (χ1v) is 13.5. The van der Waals surface area contributed by atoms with Gasteiger partial charge in [0.2, 0.25) is 5.91 Å². The zero-order valence-electron chi connectivity index (χ0n) is 21.4. The van der Waals surface area contributed by atoms with E-state index in [1.54, 1.807) is 24.3 Å². The van der Waals surface area contributed by atoms with E-state index in [0.717, 1.165) is 15.6 Å². The number of aryl methyl sites for hydroxylation is 1. The molecule has 0 bridgehead atoms. The number of nitrogens with zero attached hydrogens (tertiary/aromatic N) is 1. The Morgan fingerprint density at radius 2 is 1.73 bits per heavy atom. The fourth-order valence-corrected chi connectivity index (χ4v) is 4.49. The number of carbonyl (C=O) groups excluding carboxylic acids is 2. The van der Waals surface area contributed by atoms with Crippen LogP contribution in [0, 0.1) is 6.92 Å². The highest BCUT2D eigenvalue weighted by Crippen LogP contribution is 2.25. The Morgan fingerprint density at radius 3 is 2.35 bits per heavy atom. The van der Waals surface area contributed by atoms with E-state index in [2.05, 4.69) is 21.2 Å². The monoisotopic (exact) mass is 604 g/mol. The van der Waals surface area contributed by atoms with Gasteiger partial charge in [-0.1, -0.05) is 75.5 Å². The van der Waals surface area contributed by atoms with Crippen molar-refractivity contribution in [2.45, 2.75) is 52.2 Å². The number of amides is 2. The quantitative estimate of drug-likeness (QED) is 0.286. The third kappa shape index (κ3) is 8.77. The van der Waals surface area contributed by atoms with Crippen molar-refractivity contribution in [3.05, 3.63) is 97.9 Å². The summed E-state index contributed by atoms with van der Waals surface area (Å²) >= 11 is 16.0. The molecule has 3 rings (SSSR count). The number of ether oxygens (including phenoxy) is 1. The predicted octanol–water partition coefficient (Wildman–Crippen LogP) is 7.00. The largest absolute Gasteiger partial charge is 0.484 e. The van der Waals surface area contributed by atoms with Gasteiger partial charge in [-0.15, -0.1) is 0 Å². The average molecular weight is 606 g/mol. The highest BCUT2D eigenvalue weighted by molar-refractivity contribution is 9.10. The zero-order valence-corrected chi connectivity index (χ0v) is 24.5. The van der Waals surface area contributed by atoms with Gasteiger partial charge in [-0.05, 0) is 74.7 Å². The second kappa shape index (κ2) is 12.8. The molecule has 8 heteroatoms. The molecule has 0 saturated heterocycles. The molecular weight excluding hydrogens is 575 g/mol. The summed E-state index contributed by atoms with van der Waals surface area (Å²) < 4.78 is 6.81. The minimum atomic E-state index is -0.795. The fourth-order valence-electron chi connectivity index (χ4n) is 3.78. The smallest absolute Gasteiger partial charge is 0.261 e. The molecule has 2 amide bonds. The van der Waals surface area contributed by atoms with Crippen molar-refractivity contribution in [3.63, 3.8) is 0 Å². The highest BCUT2D eigenvalue weighted by Gasteiger charge is 2.32. The molecule has 0 fully saturated rings. The maximum Gasteiger partial charge on any atom is 0.261 e. The van der Waals surface area contributed by atoms with Gasteiger partial charge in [-0.25, -0.2) is 0 Å². The van der Waals surface area contributed by atoms with Crippen LogP contribution in [0.2, 0.25) is 10.0 Å². The Balaban J connectivity index is 1.96. The minimum absolute atomic E-state index is 0.118. The first-order chi connectivity index (χ1) is 17.4. The Morgan fingerprint density at radius 1 is 1.03 bits per heavy atom. The molecule has 1 atom stereocenters. The third-order valence-electron chi connectivity index (χ3n) is 5.62. The van der Waals surface area contributed by atoms with E-state index in [-0.39, 0.29) is 25.0 Å². The summed E-state index contributed by atoms with van der Waals surface area (Å²) in [6.07, 6.45) is 0.330. The molecule has 0 radical (unpaired) electrons. The zero-order chi connectivity index (χ0) is 27.2. The Bertz CT molecular complexity index is 1250. The van der Waals surface area contributed by atoms with Gasteiger partial charge in [-0.3, -0.25) is 9.59 Å². The molecule has 0 aliphatic heterocycles. The number of hydrogen-bond acceptors (Lipinski definition) is 3. The summed E-state index contributed by atoms with van der Waals surface area (Å²) in [5, 5.41) is 3.95. The van der Waals surface area contributed by atoms with E-state index < -0.39 is 11.6 Å². The number of hydrogen-bond donors (Lipinski definition) is 1. The third-order valence-corrected chi connectivity index (χ3v) is 7.09. The van der Waals surface area contributed by atoms with E-state index in [0.29, 0.717) is 27.8 Å². The maximum atomic E-state index is 13.7. The lowest BCUT2D eigenvalue weighted by atomic mass is 10.0. The summed E-state index contributed by atoms with van der Waals surface area (Å²) in [5.41, 5.74) is 2.12. The molecule has 0 unspecified atom stereocenters. The van der Waals surface area contributed by atoms with Gasteiger partial charge in [0.1, 0.15) is 11.8 Å². The Hall–Kier alpha value is -2.54. The summed E-state index contributed by atoms with van der Waals surface area (Å²) in [6, 6.07) is 19.5. The van der Waals surface area contributed by atoms with Crippen molar-refractivity contribution >= 4 is 50.9 Å². The van der Waals surface area contributed by atoms with Crippen LogP contribution in [0.15, 0.2) is 71.2 Å². The molecule has 0 spiro atoms. The molecule has 3 aromatic rings. The van der Waals surface area contributed by atoms with E-state index in [9.17, 15) is 9.59 Å². The fraction of sp³-hybridized carbons (Fsp3) is 0.310. The molecule has 5 nitrogen and oxygen atoms in total. The first-order valence-electron chi connectivity index (χ1n) is 11.9. The Kier molecular flexibility index (Phi) is 10.0. The average Bonchev–Trinajstić information content (AvgIpc) is 2.82. The standard InChI is InChI=1S/C29H31BrCl2N2O3/c1-19-14-23(12-13-24(19)30)37-18-27(35)34(17-21-10-11-22(31)16-25(21)32)26(28(36)33-29(2,3)4)15-20-8-6-5-7-9-20/h5-14,16,26H,15,17-18H2,1-4H3,(H,33,36)/t26-/m0/s1. The van der Waals surface area contributed by atoms with E-state index in [1.807, 2.05) is 70.2 Å². The van der Waals surface area contributed by atoms with E-state index in [1.165, 1.54) is 4.90 Å². The van der Waals surface area contributed by atoms with E-state index in [4.69, 9.17) is 27.9 Å². The lowest BCUT2D eigenvalue weighted by Crippen LogP contribution is -2.55. The van der Waals surface area contributed by atoms with Crippen LogP contribution in [-0.4, -0.2) is 34.9 Å². The molecule has 0 aliphatic rings. The molecule has 0 aromatic heterocycles. The van der Waals surface area contributed by atoms with Crippen LogP contribution < -0.4 is 10.1 Å². The van der Waals surface area contributed by atoms with Crippen LogP contribution in [0.25, 0.3) is 0 Å². The molecule has 3 aromatic carbocycles. The van der Waals surface area contributed by atoms with Crippen molar-refractivity contribution in [2.24, 2.45) is 0 Å². The van der Waals surface area contributed by atoms with Gasteiger partial charge < -0.3 is 15.0 Å². The van der Waals surface area contributed by atoms with Crippen molar-refractivity contribution in [1.82, 2.24) is 10.2 Å². The normalized spacial score (nSPS) is 12.1. The van der Waals surface area contributed by atoms with Crippen LogP contribution in [0.5, 0.6) is 5.75 Å². The first kappa shape index (κ1) is 29.0. The summed E-state index contributed by atoms with van der Waals surface area (Å²) in [4.78, 5) is 28.8. The van der Waals surface area contributed by atoms with Crippen molar-refractivity contribution in [3.8, 4) is 5.75 Å². The SMILES string of the molecule is Cc1cc(OCC(=O)N(Cc2ccc(Cl)cc2Cl)[C@@H](Cc2ccccc2)C(=O)NC(C)(C)C)ccc1Br. The van der Waals surface area contributed by atoms with Crippen molar-refractivity contribution in [1.29, 1.82) is 0 Å².